The van der Waals surface area contributed by atoms with E-state index in [-0.39, 0.29) is 0 Å². The van der Waals surface area contributed by atoms with Crippen LogP contribution in [0.5, 0.6) is 0 Å². The van der Waals surface area contributed by atoms with Crippen molar-refractivity contribution >= 4 is 0 Å². The molecule has 2 heteroatoms. The molecule has 3 atom stereocenters. The lowest BCUT2D eigenvalue weighted by atomic mass is 9.82. The quantitative estimate of drug-likeness (QED) is 0.844. The van der Waals surface area contributed by atoms with Gasteiger partial charge in [-0.3, -0.25) is 4.98 Å². The Labute approximate surface area is 105 Å². The zero-order chi connectivity index (χ0) is 12.3. The summed E-state index contributed by atoms with van der Waals surface area (Å²) in [6.45, 7) is 9.10. The second-order valence-corrected chi connectivity index (χ2v) is 5.34. The summed E-state index contributed by atoms with van der Waals surface area (Å²) in [5.74, 6) is 2.10. The van der Waals surface area contributed by atoms with Crippen LogP contribution in [-0.4, -0.2) is 18.1 Å². The lowest BCUT2D eigenvalue weighted by Crippen LogP contribution is -2.27. The van der Waals surface area contributed by atoms with Crippen LogP contribution in [0.2, 0.25) is 0 Å². The molecule has 1 aromatic rings. The monoisotopic (exact) mass is 232 g/mol. The Hall–Kier alpha value is -0.890. The molecule has 0 amide bonds. The van der Waals surface area contributed by atoms with E-state index in [1.54, 1.807) is 0 Å². The maximum atomic E-state index is 4.60. The maximum absolute atomic E-state index is 4.60. The fraction of sp³-hybridized carbons (Fsp3) is 0.667. The van der Waals surface area contributed by atoms with Crippen LogP contribution in [-0.2, 0) is 6.42 Å². The van der Waals surface area contributed by atoms with Gasteiger partial charge in [0.15, 0.2) is 0 Å². The highest BCUT2D eigenvalue weighted by atomic mass is 14.8. The largest absolute Gasteiger partial charge is 0.317 e. The lowest BCUT2D eigenvalue weighted by Gasteiger charge is -2.26. The molecule has 0 spiro atoms. The average Bonchev–Trinajstić information content (AvgIpc) is 2.78. The van der Waals surface area contributed by atoms with E-state index in [4.69, 9.17) is 0 Å². The van der Waals surface area contributed by atoms with Crippen molar-refractivity contribution in [3.63, 3.8) is 0 Å². The third kappa shape index (κ3) is 2.68. The van der Waals surface area contributed by atoms with E-state index in [1.165, 1.54) is 24.1 Å². The molecule has 1 aromatic heterocycles. The molecule has 0 aliphatic heterocycles. The first kappa shape index (κ1) is 12.6. The third-order valence-corrected chi connectivity index (χ3v) is 4.25. The molecule has 3 unspecified atom stereocenters. The Morgan fingerprint density at radius 2 is 2.29 bits per heavy atom. The molecule has 2 rings (SSSR count). The standard InChI is InChI=1S/C15H24N2/c1-4-16-10-11(2)12(3)14-8-7-13-6-5-9-17-15(13)14/h5-6,9,11-12,14,16H,4,7-8,10H2,1-3H3. The molecule has 17 heavy (non-hydrogen) atoms. The summed E-state index contributed by atoms with van der Waals surface area (Å²) in [6, 6.07) is 4.30. The number of nitrogens with one attached hydrogen (secondary N) is 1. The molecule has 0 radical (unpaired) electrons. The van der Waals surface area contributed by atoms with E-state index >= 15 is 0 Å². The summed E-state index contributed by atoms with van der Waals surface area (Å²) in [6.07, 6.45) is 4.44. The van der Waals surface area contributed by atoms with Gasteiger partial charge in [-0.2, -0.15) is 0 Å². The minimum atomic E-state index is 0.667. The number of aryl methyl sites for hydroxylation is 1. The van der Waals surface area contributed by atoms with Crippen molar-refractivity contribution in [1.82, 2.24) is 10.3 Å². The molecule has 1 aliphatic rings. The number of nitrogens with zero attached hydrogens (tertiary/aromatic N) is 1. The molecule has 0 saturated carbocycles. The minimum absolute atomic E-state index is 0.667. The third-order valence-electron chi connectivity index (χ3n) is 4.25. The topological polar surface area (TPSA) is 24.9 Å². The number of pyridine rings is 1. The fourth-order valence-electron chi connectivity index (χ4n) is 2.91. The highest BCUT2D eigenvalue weighted by Gasteiger charge is 2.30. The van der Waals surface area contributed by atoms with Crippen molar-refractivity contribution in [3.05, 3.63) is 29.6 Å². The van der Waals surface area contributed by atoms with Crippen LogP contribution in [0.4, 0.5) is 0 Å². The van der Waals surface area contributed by atoms with E-state index in [1.807, 2.05) is 6.20 Å². The SMILES string of the molecule is CCNCC(C)C(C)C1CCc2cccnc21. The van der Waals surface area contributed by atoms with E-state index in [0.717, 1.165) is 13.1 Å². The van der Waals surface area contributed by atoms with Crippen LogP contribution < -0.4 is 5.32 Å². The van der Waals surface area contributed by atoms with Gasteiger partial charge < -0.3 is 5.32 Å². The van der Waals surface area contributed by atoms with Crippen LogP contribution in [0.15, 0.2) is 18.3 Å². The molecule has 0 bridgehead atoms. The zero-order valence-corrected chi connectivity index (χ0v) is 11.2. The van der Waals surface area contributed by atoms with Gasteiger partial charge in [-0.25, -0.2) is 0 Å². The average molecular weight is 232 g/mol. The van der Waals surface area contributed by atoms with Gasteiger partial charge in [0.25, 0.3) is 0 Å². The molecule has 0 saturated heterocycles. The summed E-state index contributed by atoms with van der Waals surface area (Å²) in [5.41, 5.74) is 2.84. The molecule has 1 aliphatic carbocycles. The van der Waals surface area contributed by atoms with Crippen LogP contribution >= 0.6 is 0 Å². The van der Waals surface area contributed by atoms with Gasteiger partial charge in [-0.15, -0.1) is 0 Å². The van der Waals surface area contributed by atoms with Crippen LogP contribution in [0.1, 0.15) is 44.4 Å². The maximum Gasteiger partial charge on any atom is 0.0469 e. The van der Waals surface area contributed by atoms with Crippen molar-refractivity contribution in [2.24, 2.45) is 11.8 Å². The summed E-state index contributed by atoms with van der Waals surface area (Å²) in [5, 5.41) is 3.46. The summed E-state index contributed by atoms with van der Waals surface area (Å²) < 4.78 is 0. The van der Waals surface area contributed by atoms with Crippen molar-refractivity contribution in [2.45, 2.75) is 39.5 Å². The summed E-state index contributed by atoms with van der Waals surface area (Å²) in [7, 11) is 0. The van der Waals surface area contributed by atoms with Crippen LogP contribution in [0.25, 0.3) is 0 Å². The van der Waals surface area contributed by atoms with Crippen LogP contribution in [0, 0.1) is 11.8 Å². The molecule has 0 fully saturated rings. The van der Waals surface area contributed by atoms with E-state index in [2.05, 4.69) is 43.2 Å². The van der Waals surface area contributed by atoms with E-state index in [9.17, 15) is 0 Å². The highest BCUT2D eigenvalue weighted by Crippen LogP contribution is 2.39. The van der Waals surface area contributed by atoms with E-state index in [0.29, 0.717) is 17.8 Å². The van der Waals surface area contributed by atoms with Gasteiger partial charge in [0.2, 0.25) is 0 Å². The van der Waals surface area contributed by atoms with Gasteiger partial charge in [-0.05, 0) is 49.4 Å². The van der Waals surface area contributed by atoms with Crippen molar-refractivity contribution in [1.29, 1.82) is 0 Å². The van der Waals surface area contributed by atoms with Gasteiger partial charge in [0, 0.05) is 17.8 Å². The minimum Gasteiger partial charge on any atom is -0.317 e. The molecule has 1 N–H and O–H groups in total. The predicted octanol–water partition coefficient (Wildman–Crippen LogP) is 2.99. The Bertz CT molecular complexity index is 362. The Balaban J connectivity index is 2.04. The number of aromatic nitrogens is 1. The first-order chi connectivity index (χ1) is 8.24. The molecule has 94 valence electrons. The molecule has 0 aromatic carbocycles. The first-order valence-corrected chi connectivity index (χ1v) is 6.88. The Kier molecular flexibility index (Phi) is 4.16. The second kappa shape index (κ2) is 5.63. The van der Waals surface area contributed by atoms with Gasteiger partial charge >= 0.3 is 0 Å². The highest BCUT2D eigenvalue weighted by molar-refractivity contribution is 5.29. The van der Waals surface area contributed by atoms with Crippen molar-refractivity contribution in [2.75, 3.05) is 13.1 Å². The first-order valence-electron chi connectivity index (χ1n) is 6.88. The smallest absolute Gasteiger partial charge is 0.0469 e. The number of rotatable bonds is 5. The van der Waals surface area contributed by atoms with Crippen LogP contribution in [0.3, 0.4) is 0 Å². The number of hydrogen-bond acceptors (Lipinski definition) is 2. The second-order valence-electron chi connectivity index (χ2n) is 5.34. The molecular formula is C15H24N2. The van der Waals surface area contributed by atoms with Gasteiger partial charge in [0.1, 0.15) is 0 Å². The zero-order valence-electron chi connectivity index (χ0n) is 11.2. The Morgan fingerprint density at radius 3 is 3.06 bits per heavy atom. The normalized spacial score (nSPS) is 22.2. The Morgan fingerprint density at radius 1 is 1.47 bits per heavy atom. The number of hydrogen-bond donors (Lipinski definition) is 1. The predicted molar refractivity (Wildman–Crippen MR) is 72.2 cm³/mol. The fourth-order valence-corrected chi connectivity index (χ4v) is 2.91. The molecule has 1 heterocycles. The number of fused-ring (bicyclic) bond motifs is 1. The summed E-state index contributed by atoms with van der Waals surface area (Å²) in [4.78, 5) is 4.60. The van der Waals surface area contributed by atoms with E-state index < -0.39 is 0 Å². The lowest BCUT2D eigenvalue weighted by molar-refractivity contribution is 0.310. The van der Waals surface area contributed by atoms with Crippen molar-refractivity contribution < 1.29 is 0 Å². The summed E-state index contributed by atoms with van der Waals surface area (Å²) >= 11 is 0. The molecular weight excluding hydrogens is 208 g/mol. The van der Waals surface area contributed by atoms with Gasteiger partial charge in [-0.1, -0.05) is 26.8 Å². The molecule has 2 nitrogen and oxygen atoms in total. The van der Waals surface area contributed by atoms with Crippen molar-refractivity contribution in [3.8, 4) is 0 Å². The van der Waals surface area contributed by atoms with Gasteiger partial charge in [0.05, 0.1) is 0 Å².